The van der Waals surface area contributed by atoms with Crippen molar-refractivity contribution in [3.05, 3.63) is 35.4 Å². The quantitative estimate of drug-likeness (QED) is 0.898. The molecule has 0 bridgehead atoms. The summed E-state index contributed by atoms with van der Waals surface area (Å²) in [6.45, 7) is 4.37. The number of hydrogen-bond acceptors (Lipinski definition) is 2. The summed E-state index contributed by atoms with van der Waals surface area (Å²) in [5, 5.41) is 9.01. The fourth-order valence-electron chi connectivity index (χ4n) is 3.01. The molecule has 0 saturated carbocycles. The lowest BCUT2D eigenvalue weighted by molar-refractivity contribution is -0.188. The maximum absolute atomic E-state index is 12.9. The molecule has 23 heavy (non-hydrogen) atoms. The number of rotatable bonds is 5. The Balaban J connectivity index is 1.95. The Morgan fingerprint density at radius 1 is 1.26 bits per heavy atom. The highest BCUT2D eigenvalue weighted by molar-refractivity contribution is 5.71. The summed E-state index contributed by atoms with van der Waals surface area (Å²) in [5.74, 6) is -4.07. The summed E-state index contributed by atoms with van der Waals surface area (Å²) < 4.78 is 38.8. The largest absolute Gasteiger partial charge is 0.481 e. The second-order valence-electron chi connectivity index (χ2n) is 6.50. The van der Waals surface area contributed by atoms with Gasteiger partial charge in [-0.25, -0.2) is 0 Å². The molecule has 1 aromatic carbocycles. The van der Waals surface area contributed by atoms with Gasteiger partial charge in [-0.05, 0) is 23.5 Å². The highest BCUT2D eigenvalue weighted by Gasteiger charge is 2.52. The van der Waals surface area contributed by atoms with Crippen LogP contribution >= 0.6 is 0 Å². The molecule has 3 nitrogen and oxygen atoms in total. The van der Waals surface area contributed by atoms with Crippen molar-refractivity contribution in [1.29, 1.82) is 0 Å². The maximum Gasteiger partial charge on any atom is 0.393 e. The summed E-state index contributed by atoms with van der Waals surface area (Å²) in [6, 6.07) is 8.04. The third kappa shape index (κ3) is 4.47. The first kappa shape index (κ1) is 17.8. The maximum atomic E-state index is 12.9. The van der Waals surface area contributed by atoms with Crippen molar-refractivity contribution in [2.45, 2.75) is 32.4 Å². The second-order valence-corrected chi connectivity index (χ2v) is 6.50. The first-order valence-electron chi connectivity index (χ1n) is 7.79. The number of carboxylic acid groups (broad SMARTS) is 1. The fraction of sp³-hybridized carbons (Fsp3) is 0.588. The molecule has 0 spiro atoms. The molecule has 1 aliphatic rings. The zero-order valence-corrected chi connectivity index (χ0v) is 13.3. The second kappa shape index (κ2) is 6.91. The van der Waals surface area contributed by atoms with Gasteiger partial charge < -0.3 is 10.0 Å². The van der Waals surface area contributed by atoms with Crippen molar-refractivity contribution in [3.8, 4) is 0 Å². The predicted octanol–water partition coefficient (Wildman–Crippen LogP) is 3.55. The van der Waals surface area contributed by atoms with Crippen LogP contribution in [0.5, 0.6) is 0 Å². The van der Waals surface area contributed by atoms with E-state index in [0.29, 0.717) is 18.9 Å². The van der Waals surface area contributed by atoms with E-state index in [1.807, 2.05) is 24.3 Å². The van der Waals surface area contributed by atoms with Gasteiger partial charge in [0.05, 0.1) is 11.8 Å². The molecule has 1 heterocycles. The normalized spacial score (nSPS) is 22.7. The molecule has 1 aliphatic heterocycles. The Labute approximate surface area is 134 Å². The number of halogens is 3. The van der Waals surface area contributed by atoms with Crippen molar-refractivity contribution in [2.24, 2.45) is 11.8 Å². The minimum Gasteiger partial charge on any atom is -0.481 e. The van der Waals surface area contributed by atoms with Crippen molar-refractivity contribution < 1.29 is 23.1 Å². The van der Waals surface area contributed by atoms with Crippen LogP contribution in [-0.2, 0) is 11.2 Å². The summed E-state index contributed by atoms with van der Waals surface area (Å²) in [5.41, 5.74) is 2.27. The van der Waals surface area contributed by atoms with Gasteiger partial charge in [0.15, 0.2) is 0 Å². The van der Waals surface area contributed by atoms with Gasteiger partial charge >= 0.3 is 12.1 Å². The van der Waals surface area contributed by atoms with Crippen LogP contribution in [0.25, 0.3) is 0 Å². The van der Waals surface area contributed by atoms with E-state index < -0.39 is 24.0 Å². The standard InChI is InChI=1S/C17H22F3NO2/c1-11(2)13-5-3-12(4-6-13)7-8-21-9-14(16(22)23)15(10-21)17(18,19)20/h3-6,11,14-15H,7-10H2,1-2H3,(H,22,23)/t14-,15-/m1/s1. The van der Waals surface area contributed by atoms with Crippen LogP contribution in [0.2, 0.25) is 0 Å². The lowest BCUT2D eigenvalue weighted by Crippen LogP contribution is -2.33. The van der Waals surface area contributed by atoms with Crippen LogP contribution in [0.4, 0.5) is 13.2 Å². The van der Waals surface area contributed by atoms with Gasteiger partial charge in [-0.3, -0.25) is 4.79 Å². The molecule has 0 aromatic heterocycles. The van der Waals surface area contributed by atoms with Gasteiger partial charge in [0.25, 0.3) is 0 Å². The number of carbonyl (C=O) groups is 1. The fourth-order valence-corrected chi connectivity index (χ4v) is 3.01. The Bertz CT molecular complexity index is 540. The number of nitrogens with zero attached hydrogens (tertiary/aromatic N) is 1. The van der Waals surface area contributed by atoms with E-state index in [1.165, 1.54) is 5.56 Å². The number of likely N-dealkylation sites (tertiary alicyclic amines) is 1. The molecule has 2 atom stereocenters. The van der Waals surface area contributed by atoms with Crippen LogP contribution in [0.1, 0.15) is 30.9 Å². The lowest BCUT2D eigenvalue weighted by Gasteiger charge is -2.18. The monoisotopic (exact) mass is 329 g/mol. The smallest absolute Gasteiger partial charge is 0.393 e. The van der Waals surface area contributed by atoms with Gasteiger partial charge in [-0.15, -0.1) is 0 Å². The van der Waals surface area contributed by atoms with Gasteiger partial charge in [0, 0.05) is 19.6 Å². The average Bonchev–Trinajstić information content (AvgIpc) is 2.90. The zero-order valence-electron chi connectivity index (χ0n) is 13.3. The molecule has 1 saturated heterocycles. The third-order valence-corrected chi connectivity index (χ3v) is 4.50. The first-order chi connectivity index (χ1) is 10.7. The molecule has 1 fully saturated rings. The average molecular weight is 329 g/mol. The molecule has 6 heteroatoms. The number of carboxylic acids is 1. The van der Waals surface area contributed by atoms with Gasteiger partial charge in [-0.2, -0.15) is 13.2 Å². The molecule has 2 rings (SSSR count). The SMILES string of the molecule is CC(C)c1ccc(CCN2C[C@@H](C(F)(F)F)[C@H](C(=O)O)C2)cc1. The lowest BCUT2D eigenvalue weighted by atomic mass is 9.96. The van der Waals surface area contributed by atoms with E-state index in [0.717, 1.165) is 5.56 Å². The summed E-state index contributed by atoms with van der Waals surface area (Å²) in [6.07, 6.45) is -3.84. The van der Waals surface area contributed by atoms with Crippen molar-refractivity contribution in [3.63, 3.8) is 0 Å². The van der Waals surface area contributed by atoms with Gasteiger partial charge in [0.2, 0.25) is 0 Å². The molecule has 1 N–H and O–H groups in total. The van der Waals surface area contributed by atoms with Gasteiger partial charge in [-0.1, -0.05) is 38.1 Å². The Morgan fingerprint density at radius 2 is 1.87 bits per heavy atom. The van der Waals surface area contributed by atoms with E-state index >= 15 is 0 Å². The molecular formula is C17H22F3NO2. The highest BCUT2D eigenvalue weighted by Crippen LogP contribution is 2.37. The Hall–Kier alpha value is -1.56. The van der Waals surface area contributed by atoms with E-state index in [2.05, 4.69) is 13.8 Å². The van der Waals surface area contributed by atoms with Crippen LogP contribution in [-0.4, -0.2) is 41.8 Å². The Kier molecular flexibility index (Phi) is 5.34. The van der Waals surface area contributed by atoms with Crippen LogP contribution < -0.4 is 0 Å². The van der Waals surface area contributed by atoms with Crippen molar-refractivity contribution in [1.82, 2.24) is 4.90 Å². The van der Waals surface area contributed by atoms with E-state index in [1.54, 1.807) is 4.90 Å². The van der Waals surface area contributed by atoms with E-state index in [9.17, 15) is 18.0 Å². The van der Waals surface area contributed by atoms with Crippen molar-refractivity contribution >= 4 is 5.97 Å². The molecule has 128 valence electrons. The molecule has 0 unspecified atom stereocenters. The van der Waals surface area contributed by atoms with Crippen LogP contribution in [0.3, 0.4) is 0 Å². The minimum atomic E-state index is -4.46. The number of alkyl halides is 3. The van der Waals surface area contributed by atoms with E-state index in [-0.39, 0.29) is 13.1 Å². The van der Waals surface area contributed by atoms with Gasteiger partial charge in [0.1, 0.15) is 0 Å². The third-order valence-electron chi connectivity index (χ3n) is 4.50. The summed E-state index contributed by atoms with van der Waals surface area (Å²) >= 11 is 0. The van der Waals surface area contributed by atoms with Crippen molar-refractivity contribution in [2.75, 3.05) is 19.6 Å². The van der Waals surface area contributed by atoms with Crippen LogP contribution in [0, 0.1) is 11.8 Å². The minimum absolute atomic E-state index is 0.0381. The van der Waals surface area contributed by atoms with Crippen LogP contribution in [0.15, 0.2) is 24.3 Å². The molecule has 0 radical (unpaired) electrons. The topological polar surface area (TPSA) is 40.5 Å². The first-order valence-corrected chi connectivity index (χ1v) is 7.79. The number of aliphatic carboxylic acids is 1. The molecule has 1 aromatic rings. The summed E-state index contributed by atoms with van der Waals surface area (Å²) in [7, 11) is 0. The molecule has 0 aliphatic carbocycles. The number of hydrogen-bond donors (Lipinski definition) is 1. The molecule has 0 amide bonds. The molecular weight excluding hydrogens is 307 g/mol. The predicted molar refractivity (Wildman–Crippen MR) is 81.3 cm³/mol. The zero-order chi connectivity index (χ0) is 17.2. The Morgan fingerprint density at radius 3 is 2.30 bits per heavy atom. The highest BCUT2D eigenvalue weighted by atomic mass is 19.4. The number of benzene rings is 1. The summed E-state index contributed by atoms with van der Waals surface area (Å²) in [4.78, 5) is 12.7. The van der Waals surface area contributed by atoms with E-state index in [4.69, 9.17) is 5.11 Å².